The largest absolute Gasteiger partial charge is 0.354 e. The molecule has 0 aromatic carbocycles. The van der Waals surface area contributed by atoms with Gasteiger partial charge in [-0.25, -0.2) is 23.1 Å². The molecule has 0 bridgehead atoms. The Hall–Kier alpha value is -1.06. The van der Waals surface area contributed by atoms with Crippen molar-refractivity contribution >= 4 is 26.8 Å². The van der Waals surface area contributed by atoms with E-state index in [0.717, 1.165) is 13.0 Å². The fraction of sp³-hybridized carbons (Fsp3) is 0.600. The van der Waals surface area contributed by atoms with Gasteiger partial charge in [-0.3, -0.25) is 4.21 Å². The fourth-order valence-electron chi connectivity index (χ4n) is 1.19. The molecule has 2 N–H and O–H groups in total. The molecule has 9 heteroatoms. The van der Waals surface area contributed by atoms with Gasteiger partial charge in [0.15, 0.2) is 0 Å². The molecule has 0 amide bonds. The standard InChI is InChI=1S/C10H18N4O3S2/c1-3-4-11-10-12-7-9(8-13-10)19(16,17)14-5-6-18(2)15/h7-8,14H,3-6H2,1-2H3,(H,11,12,13). The van der Waals surface area contributed by atoms with Crippen molar-refractivity contribution in [2.24, 2.45) is 0 Å². The zero-order valence-corrected chi connectivity index (χ0v) is 12.6. The third-order valence-corrected chi connectivity index (χ3v) is 4.35. The zero-order chi connectivity index (χ0) is 14.3. The van der Waals surface area contributed by atoms with Crippen LogP contribution >= 0.6 is 0 Å². The number of anilines is 1. The van der Waals surface area contributed by atoms with Gasteiger partial charge in [0.05, 0.1) is 12.4 Å². The number of nitrogens with one attached hydrogen (secondary N) is 2. The van der Waals surface area contributed by atoms with Gasteiger partial charge in [0.1, 0.15) is 4.90 Å². The maximum Gasteiger partial charge on any atom is 0.243 e. The first-order chi connectivity index (χ1) is 8.95. The average Bonchev–Trinajstić information content (AvgIpc) is 2.36. The third-order valence-electron chi connectivity index (χ3n) is 2.15. The van der Waals surface area contributed by atoms with Crippen LogP contribution in [0.3, 0.4) is 0 Å². The van der Waals surface area contributed by atoms with Crippen LogP contribution in [0, 0.1) is 0 Å². The molecule has 0 aliphatic heterocycles. The lowest BCUT2D eigenvalue weighted by Crippen LogP contribution is -2.28. The molecule has 108 valence electrons. The smallest absolute Gasteiger partial charge is 0.243 e. The average molecular weight is 306 g/mol. The van der Waals surface area contributed by atoms with Crippen LogP contribution in [-0.4, -0.2) is 47.7 Å². The fourth-order valence-corrected chi connectivity index (χ4v) is 2.63. The van der Waals surface area contributed by atoms with Gasteiger partial charge in [-0.05, 0) is 6.42 Å². The van der Waals surface area contributed by atoms with Crippen LogP contribution in [0.2, 0.25) is 0 Å². The van der Waals surface area contributed by atoms with E-state index in [9.17, 15) is 12.6 Å². The molecule has 7 nitrogen and oxygen atoms in total. The quantitative estimate of drug-likeness (QED) is 0.698. The summed E-state index contributed by atoms with van der Waals surface area (Å²) in [6.07, 6.45) is 4.94. The normalized spacial score (nSPS) is 13.2. The van der Waals surface area contributed by atoms with Gasteiger partial charge in [-0.15, -0.1) is 0 Å². The lowest BCUT2D eigenvalue weighted by atomic mass is 10.5. The molecule has 19 heavy (non-hydrogen) atoms. The topological polar surface area (TPSA) is 101 Å². The van der Waals surface area contributed by atoms with Crippen LogP contribution in [0.15, 0.2) is 17.3 Å². The summed E-state index contributed by atoms with van der Waals surface area (Å²) >= 11 is 0. The van der Waals surface area contributed by atoms with Crippen molar-refractivity contribution in [2.45, 2.75) is 18.2 Å². The minimum absolute atomic E-state index is 0.00330. The minimum atomic E-state index is -3.63. The van der Waals surface area contributed by atoms with Crippen molar-refractivity contribution in [2.75, 3.05) is 30.4 Å². The number of nitrogens with zero attached hydrogens (tertiary/aromatic N) is 2. The number of hydrogen-bond donors (Lipinski definition) is 2. The highest BCUT2D eigenvalue weighted by Gasteiger charge is 2.14. The Bertz CT molecular complexity index is 516. The molecular formula is C10H18N4O3S2. The second kappa shape index (κ2) is 7.51. The highest BCUT2D eigenvalue weighted by Crippen LogP contribution is 2.07. The van der Waals surface area contributed by atoms with Gasteiger partial charge in [-0.2, -0.15) is 0 Å². The van der Waals surface area contributed by atoms with Crippen LogP contribution in [0.5, 0.6) is 0 Å². The molecule has 1 aromatic rings. The molecule has 0 fully saturated rings. The Kier molecular flexibility index (Phi) is 6.32. The van der Waals surface area contributed by atoms with Crippen molar-refractivity contribution in [3.8, 4) is 0 Å². The summed E-state index contributed by atoms with van der Waals surface area (Å²) in [4.78, 5) is 7.85. The molecule has 0 aliphatic carbocycles. The van der Waals surface area contributed by atoms with E-state index in [4.69, 9.17) is 0 Å². The minimum Gasteiger partial charge on any atom is -0.354 e. The lowest BCUT2D eigenvalue weighted by molar-refractivity contribution is 0.583. The molecule has 1 aromatic heterocycles. The highest BCUT2D eigenvalue weighted by atomic mass is 32.2. The van der Waals surface area contributed by atoms with E-state index >= 15 is 0 Å². The number of rotatable bonds is 8. The first-order valence-corrected chi connectivity index (χ1v) is 9.02. The Morgan fingerprint density at radius 2 is 1.89 bits per heavy atom. The lowest BCUT2D eigenvalue weighted by Gasteiger charge is -2.06. The molecule has 0 aliphatic rings. The van der Waals surface area contributed by atoms with Gasteiger partial charge in [0.2, 0.25) is 16.0 Å². The molecule has 1 rings (SSSR count). The molecule has 0 saturated carbocycles. The van der Waals surface area contributed by atoms with Crippen LogP contribution in [-0.2, 0) is 20.8 Å². The predicted octanol–water partition coefficient (Wildman–Crippen LogP) is -0.0447. The van der Waals surface area contributed by atoms with E-state index in [1.54, 1.807) is 0 Å². The highest BCUT2D eigenvalue weighted by molar-refractivity contribution is 7.89. The number of aromatic nitrogens is 2. The van der Waals surface area contributed by atoms with E-state index in [2.05, 4.69) is 20.0 Å². The summed E-state index contributed by atoms with van der Waals surface area (Å²) in [7, 11) is -4.66. The van der Waals surface area contributed by atoms with E-state index in [1.165, 1.54) is 18.6 Å². The van der Waals surface area contributed by atoms with Crippen molar-refractivity contribution < 1.29 is 12.6 Å². The SMILES string of the molecule is CCCNc1ncc(S(=O)(=O)NCCS(C)=O)cn1. The maximum absolute atomic E-state index is 11.8. The van der Waals surface area contributed by atoms with Crippen molar-refractivity contribution in [1.82, 2.24) is 14.7 Å². The Labute approximate surface area is 115 Å². The van der Waals surface area contributed by atoms with Crippen molar-refractivity contribution in [3.63, 3.8) is 0 Å². The molecule has 1 unspecified atom stereocenters. The van der Waals surface area contributed by atoms with Crippen molar-refractivity contribution in [3.05, 3.63) is 12.4 Å². The predicted molar refractivity (Wildman–Crippen MR) is 74.9 cm³/mol. The van der Waals surface area contributed by atoms with Crippen LogP contribution in [0.4, 0.5) is 5.95 Å². The van der Waals surface area contributed by atoms with Gasteiger partial charge in [-0.1, -0.05) is 6.92 Å². The van der Waals surface area contributed by atoms with E-state index in [-0.39, 0.29) is 17.2 Å². The second-order valence-electron chi connectivity index (χ2n) is 3.84. The maximum atomic E-state index is 11.8. The monoisotopic (exact) mass is 306 g/mol. The summed E-state index contributed by atoms with van der Waals surface area (Å²) in [6, 6.07) is 0. The van der Waals surface area contributed by atoms with Gasteiger partial charge in [0.25, 0.3) is 0 Å². The number of hydrogen-bond acceptors (Lipinski definition) is 6. The first-order valence-electron chi connectivity index (χ1n) is 5.81. The molecule has 0 saturated heterocycles. The zero-order valence-electron chi connectivity index (χ0n) is 10.9. The Morgan fingerprint density at radius 1 is 1.26 bits per heavy atom. The van der Waals surface area contributed by atoms with Crippen molar-refractivity contribution in [1.29, 1.82) is 0 Å². The Balaban J connectivity index is 2.65. The summed E-state index contributed by atoms with van der Waals surface area (Å²) in [6.45, 7) is 2.86. The molecular weight excluding hydrogens is 288 g/mol. The molecule has 1 atom stereocenters. The summed E-state index contributed by atoms with van der Waals surface area (Å²) in [5.41, 5.74) is 0. The van der Waals surface area contributed by atoms with E-state index < -0.39 is 20.8 Å². The summed E-state index contributed by atoms with van der Waals surface area (Å²) in [5.74, 6) is 0.673. The summed E-state index contributed by atoms with van der Waals surface area (Å²) in [5, 5.41) is 2.95. The van der Waals surface area contributed by atoms with Crippen LogP contribution in [0.25, 0.3) is 0 Å². The second-order valence-corrected chi connectivity index (χ2v) is 7.17. The molecule has 0 spiro atoms. The van der Waals surface area contributed by atoms with Gasteiger partial charge < -0.3 is 5.32 Å². The van der Waals surface area contributed by atoms with E-state index in [0.29, 0.717) is 5.95 Å². The van der Waals surface area contributed by atoms with Gasteiger partial charge >= 0.3 is 0 Å². The van der Waals surface area contributed by atoms with Crippen LogP contribution < -0.4 is 10.0 Å². The van der Waals surface area contributed by atoms with E-state index in [1.807, 2.05) is 6.92 Å². The van der Waals surface area contributed by atoms with Gasteiger partial charge in [0, 0.05) is 35.9 Å². The summed E-state index contributed by atoms with van der Waals surface area (Å²) < 4.78 is 36.9. The first kappa shape index (κ1) is 16.0. The third kappa shape index (κ3) is 5.62. The Morgan fingerprint density at radius 3 is 2.42 bits per heavy atom. The molecule has 0 radical (unpaired) electrons. The molecule has 1 heterocycles. The number of sulfonamides is 1. The van der Waals surface area contributed by atoms with Crippen LogP contribution in [0.1, 0.15) is 13.3 Å².